The molecule has 2 bridgehead atoms. The van der Waals surface area contributed by atoms with E-state index >= 15 is 0 Å². The lowest BCUT2D eigenvalue weighted by atomic mass is 10.0. The number of allylic oxidation sites excluding steroid dienone is 2. The summed E-state index contributed by atoms with van der Waals surface area (Å²) in [7, 11) is 0. The molecule has 0 fully saturated rings. The van der Waals surface area contributed by atoms with Crippen molar-refractivity contribution in [2.75, 3.05) is 12.0 Å². The molecule has 212 valence electrons. The number of nitrogens with zero attached hydrogens (tertiary/aromatic N) is 1. The summed E-state index contributed by atoms with van der Waals surface area (Å²) in [6, 6.07) is 2.33. The van der Waals surface area contributed by atoms with Crippen LogP contribution in [0.25, 0.3) is 0 Å². The molecular formula is C27H36N4O6S2. The highest BCUT2D eigenvalue weighted by molar-refractivity contribution is 8.13. The molecule has 10 nitrogen and oxygen atoms in total. The van der Waals surface area contributed by atoms with Crippen LogP contribution in [0.5, 0.6) is 0 Å². The second-order valence-electron chi connectivity index (χ2n) is 9.42. The summed E-state index contributed by atoms with van der Waals surface area (Å²) in [6.45, 7) is 8.39. The fraction of sp³-hybridized carbons (Fsp3) is 0.481. The number of hydrogen-bond donors (Lipinski definition) is 3. The number of esters is 1. The number of nitrogens with one attached hydrogen (secondary N) is 3. The van der Waals surface area contributed by atoms with E-state index in [-0.39, 0.29) is 41.3 Å². The van der Waals surface area contributed by atoms with Crippen molar-refractivity contribution in [2.45, 2.75) is 71.0 Å². The standard InChI is InChI=1S/C27H36N4O6S2/c1-15(2)23-26(35)31-24(16(3)4)27(36)37-19(9-7-8-10-39-17(5)32)12-22(33)28-14-18-11-20(38-6)13-21(29-18)25(34)30-23/h7,9,11,13,16,19,24H,8,10,12,14H2,1-6H3,(H,28,33)(H,30,34)(H,31,35)/b9-7+/t19-,24?/m1/s1. The summed E-state index contributed by atoms with van der Waals surface area (Å²) in [5, 5.41) is 8.08. The monoisotopic (exact) mass is 576 g/mol. The molecule has 1 aliphatic rings. The third-order valence-electron chi connectivity index (χ3n) is 5.55. The van der Waals surface area contributed by atoms with Crippen LogP contribution in [0.1, 0.15) is 63.6 Å². The second-order valence-corrected chi connectivity index (χ2v) is 11.6. The predicted molar refractivity (Wildman–Crippen MR) is 152 cm³/mol. The maximum atomic E-state index is 13.2. The lowest BCUT2D eigenvalue weighted by molar-refractivity contribution is -0.153. The summed E-state index contributed by atoms with van der Waals surface area (Å²) in [6.07, 6.45) is 4.72. The third-order valence-corrected chi connectivity index (χ3v) is 7.11. The van der Waals surface area contributed by atoms with Crippen LogP contribution in [-0.4, -0.2) is 57.9 Å². The van der Waals surface area contributed by atoms with Gasteiger partial charge in [0.2, 0.25) is 5.91 Å². The number of cyclic esters (lactones) is 1. The maximum absolute atomic E-state index is 13.2. The highest BCUT2D eigenvalue weighted by Crippen LogP contribution is 2.18. The quantitative estimate of drug-likeness (QED) is 0.153. The van der Waals surface area contributed by atoms with Crippen LogP contribution in [0, 0.1) is 5.92 Å². The van der Waals surface area contributed by atoms with Gasteiger partial charge in [0.05, 0.1) is 18.7 Å². The Balaban J connectivity index is 2.45. The number of carbonyl (C=O) groups is 5. The van der Waals surface area contributed by atoms with Gasteiger partial charge in [-0.2, -0.15) is 0 Å². The smallest absolute Gasteiger partial charge is 0.329 e. The number of amides is 3. The maximum Gasteiger partial charge on any atom is 0.329 e. The van der Waals surface area contributed by atoms with Crippen LogP contribution >= 0.6 is 23.5 Å². The molecule has 39 heavy (non-hydrogen) atoms. The molecule has 2 heterocycles. The molecular weight excluding hydrogens is 540 g/mol. The van der Waals surface area contributed by atoms with Gasteiger partial charge in [0, 0.05) is 17.6 Å². The highest BCUT2D eigenvalue weighted by Gasteiger charge is 2.30. The van der Waals surface area contributed by atoms with Crippen LogP contribution in [0.4, 0.5) is 0 Å². The first-order valence-electron chi connectivity index (χ1n) is 12.5. The number of ether oxygens (including phenoxy) is 1. The fourth-order valence-corrected chi connectivity index (χ4v) is 4.54. The Labute approximate surface area is 237 Å². The molecule has 0 saturated heterocycles. The molecule has 3 amide bonds. The number of pyridine rings is 1. The van der Waals surface area contributed by atoms with E-state index in [0.717, 1.165) is 4.90 Å². The molecule has 12 heteroatoms. The van der Waals surface area contributed by atoms with Crippen LogP contribution < -0.4 is 16.0 Å². The summed E-state index contributed by atoms with van der Waals surface area (Å²) in [5.41, 5.74) is 1.10. The Morgan fingerprint density at radius 1 is 1.15 bits per heavy atom. The Bertz CT molecular complexity index is 1160. The normalized spacial score (nSPS) is 19.4. The van der Waals surface area contributed by atoms with Gasteiger partial charge < -0.3 is 20.7 Å². The third kappa shape index (κ3) is 10.5. The lowest BCUT2D eigenvalue weighted by Crippen LogP contribution is -2.49. The van der Waals surface area contributed by atoms with E-state index in [9.17, 15) is 24.0 Å². The Morgan fingerprint density at radius 2 is 1.87 bits per heavy atom. The van der Waals surface area contributed by atoms with E-state index in [1.165, 1.54) is 30.4 Å². The Kier molecular flexibility index (Phi) is 12.7. The molecule has 0 spiro atoms. The van der Waals surface area contributed by atoms with Crippen molar-refractivity contribution in [1.29, 1.82) is 0 Å². The highest BCUT2D eigenvalue weighted by atomic mass is 32.2. The van der Waals surface area contributed by atoms with Gasteiger partial charge in [0.15, 0.2) is 5.12 Å². The van der Waals surface area contributed by atoms with E-state index < -0.39 is 29.9 Å². The molecule has 0 saturated carbocycles. The number of aromatic nitrogens is 1. The molecule has 2 atom stereocenters. The SMILES string of the molecule is CSc1cc2nc(c1)C(=O)NC(=C(C)C)C(=O)NC(C(C)C)C(=O)O[C@H](/C=C/CCSC(C)=O)CC(=O)NC2. The molecule has 0 aromatic carbocycles. The molecule has 0 radical (unpaired) electrons. The molecule has 1 aromatic rings. The molecule has 1 unspecified atom stereocenters. The minimum Gasteiger partial charge on any atom is -0.456 e. The van der Waals surface area contributed by atoms with Crippen molar-refractivity contribution in [3.8, 4) is 0 Å². The first kappa shape index (κ1) is 32.1. The number of thioether (sulfide) groups is 2. The van der Waals surface area contributed by atoms with Crippen LogP contribution in [-0.2, 0) is 30.5 Å². The number of hydrogen-bond acceptors (Lipinski definition) is 9. The molecule has 3 N–H and O–H groups in total. The van der Waals surface area contributed by atoms with Crippen LogP contribution in [0.2, 0.25) is 0 Å². The summed E-state index contributed by atoms with van der Waals surface area (Å²) in [4.78, 5) is 68.6. The number of carbonyl (C=O) groups excluding carboxylic acids is 5. The topological polar surface area (TPSA) is 144 Å². The van der Waals surface area contributed by atoms with E-state index in [1.807, 2.05) is 6.26 Å². The number of fused-ring (bicyclic) bond motifs is 2. The largest absolute Gasteiger partial charge is 0.456 e. The van der Waals surface area contributed by atoms with Crippen molar-refractivity contribution in [2.24, 2.45) is 5.92 Å². The zero-order valence-corrected chi connectivity index (χ0v) is 24.7. The minimum absolute atomic E-state index is 0.00339. The van der Waals surface area contributed by atoms with Crippen molar-refractivity contribution < 1.29 is 28.7 Å². The van der Waals surface area contributed by atoms with Gasteiger partial charge in [-0.3, -0.25) is 19.2 Å². The first-order valence-corrected chi connectivity index (χ1v) is 14.7. The summed E-state index contributed by atoms with van der Waals surface area (Å²) >= 11 is 2.59. The summed E-state index contributed by atoms with van der Waals surface area (Å²) < 4.78 is 5.67. The second kappa shape index (κ2) is 15.5. The van der Waals surface area contributed by atoms with E-state index in [2.05, 4.69) is 20.9 Å². The van der Waals surface area contributed by atoms with E-state index in [0.29, 0.717) is 23.4 Å². The zero-order chi connectivity index (χ0) is 29.1. The number of rotatable bonds is 6. The molecule has 1 aliphatic heterocycles. The van der Waals surface area contributed by atoms with Gasteiger partial charge in [0.25, 0.3) is 11.8 Å². The van der Waals surface area contributed by atoms with Crippen molar-refractivity contribution in [1.82, 2.24) is 20.9 Å². The minimum atomic E-state index is -1.03. The Hall–Kier alpha value is -3.12. The van der Waals surface area contributed by atoms with Crippen LogP contribution in [0.3, 0.4) is 0 Å². The van der Waals surface area contributed by atoms with Gasteiger partial charge >= 0.3 is 5.97 Å². The zero-order valence-electron chi connectivity index (χ0n) is 23.1. The Morgan fingerprint density at radius 3 is 2.49 bits per heavy atom. The van der Waals surface area contributed by atoms with Crippen LogP contribution in [0.15, 0.2) is 40.5 Å². The molecule has 0 aliphatic carbocycles. The fourth-order valence-electron chi connectivity index (χ4n) is 3.52. The van der Waals surface area contributed by atoms with Gasteiger partial charge in [0.1, 0.15) is 23.5 Å². The van der Waals surface area contributed by atoms with Crippen molar-refractivity contribution >= 4 is 52.3 Å². The van der Waals surface area contributed by atoms with Gasteiger partial charge in [-0.05, 0) is 56.2 Å². The predicted octanol–water partition coefficient (Wildman–Crippen LogP) is 3.13. The van der Waals surface area contributed by atoms with E-state index in [1.54, 1.807) is 52.0 Å². The average molecular weight is 577 g/mol. The average Bonchev–Trinajstić information content (AvgIpc) is 2.87. The van der Waals surface area contributed by atoms with Gasteiger partial charge in [-0.25, -0.2) is 9.78 Å². The van der Waals surface area contributed by atoms with Crippen molar-refractivity contribution in [3.05, 3.63) is 46.9 Å². The molecule has 2 rings (SSSR count). The van der Waals surface area contributed by atoms with Gasteiger partial charge in [-0.1, -0.05) is 31.7 Å². The molecule has 1 aromatic heterocycles. The van der Waals surface area contributed by atoms with Crippen molar-refractivity contribution in [3.63, 3.8) is 0 Å². The van der Waals surface area contributed by atoms with Gasteiger partial charge in [-0.15, -0.1) is 11.8 Å². The summed E-state index contributed by atoms with van der Waals surface area (Å²) in [5.74, 6) is -2.11. The first-order chi connectivity index (χ1) is 18.4. The van der Waals surface area contributed by atoms with E-state index in [4.69, 9.17) is 4.74 Å². The lowest BCUT2D eigenvalue weighted by Gasteiger charge is -2.24.